The highest BCUT2D eigenvalue weighted by Crippen LogP contribution is 2.37. The average Bonchev–Trinajstić information content (AvgIpc) is 3.15. The molecule has 0 saturated heterocycles. The summed E-state index contributed by atoms with van der Waals surface area (Å²) in [7, 11) is 3.23. The van der Waals surface area contributed by atoms with E-state index in [1.165, 1.54) is 42.7 Å². The van der Waals surface area contributed by atoms with Crippen LogP contribution in [-0.4, -0.2) is 39.8 Å². The number of thiophene rings is 1. The Morgan fingerprint density at radius 2 is 2.10 bits per heavy atom. The number of allylic oxidation sites excluding steroid dienone is 4. The molecule has 0 radical (unpaired) electrons. The van der Waals surface area contributed by atoms with E-state index < -0.39 is 0 Å². The summed E-state index contributed by atoms with van der Waals surface area (Å²) in [6, 6.07) is 2.30. The summed E-state index contributed by atoms with van der Waals surface area (Å²) in [5.74, 6) is 0. The number of hydrogen-bond donors (Lipinski definition) is 2. The summed E-state index contributed by atoms with van der Waals surface area (Å²) in [4.78, 5) is 24.8. The van der Waals surface area contributed by atoms with E-state index in [0.29, 0.717) is 12.8 Å². The minimum absolute atomic E-state index is 0.373. The number of nitriles is 1. The number of aldehydes is 1. The van der Waals surface area contributed by atoms with Crippen molar-refractivity contribution in [3.05, 3.63) is 52.6 Å². The first-order valence-electron chi connectivity index (χ1n) is 9.47. The first-order valence-corrected chi connectivity index (χ1v) is 10.3. The molecule has 0 spiro atoms. The molecule has 8 heteroatoms. The first kappa shape index (κ1) is 26.8. The lowest BCUT2D eigenvalue weighted by Gasteiger charge is -2.09. The molecule has 1 aliphatic rings. The van der Waals surface area contributed by atoms with E-state index in [4.69, 9.17) is 5.26 Å². The fourth-order valence-corrected chi connectivity index (χ4v) is 3.69. The topological polar surface area (TPSA) is 104 Å². The molecular formula is C22H30N4O3S. The van der Waals surface area contributed by atoms with Gasteiger partial charge in [-0.3, -0.25) is 9.79 Å². The maximum absolute atomic E-state index is 10.1. The number of aryl methyl sites for hydroxylation is 1. The fraction of sp³-hybridized carbons (Fsp3) is 0.364. The molecule has 162 valence electrons. The molecule has 0 aliphatic heterocycles. The van der Waals surface area contributed by atoms with Crippen LogP contribution in [0.1, 0.15) is 35.8 Å². The van der Waals surface area contributed by atoms with Gasteiger partial charge in [0.15, 0.2) is 0 Å². The first-order chi connectivity index (χ1) is 14.5. The zero-order valence-corrected chi connectivity index (χ0v) is 18.7. The number of methoxy groups -OCH3 is 1. The molecule has 1 aromatic heterocycles. The molecule has 30 heavy (non-hydrogen) atoms. The summed E-state index contributed by atoms with van der Waals surface area (Å²) >= 11 is 1.75. The van der Waals surface area contributed by atoms with E-state index in [0.717, 1.165) is 29.0 Å². The number of fused-ring (bicyclic) bond motifs is 1. The van der Waals surface area contributed by atoms with Crippen molar-refractivity contribution >= 4 is 35.4 Å². The lowest BCUT2D eigenvalue weighted by molar-refractivity contribution is -0.104. The van der Waals surface area contributed by atoms with Crippen LogP contribution in [0.4, 0.5) is 9.80 Å². The Morgan fingerprint density at radius 1 is 1.40 bits per heavy atom. The Bertz CT molecular complexity index is 804. The molecule has 1 aliphatic carbocycles. The summed E-state index contributed by atoms with van der Waals surface area (Å²) < 4.78 is 4.24. The highest BCUT2D eigenvalue weighted by atomic mass is 32.1. The smallest absolute Gasteiger partial charge is 0.406 e. The molecule has 0 fully saturated rings. The van der Waals surface area contributed by atoms with Gasteiger partial charge in [-0.2, -0.15) is 5.26 Å². The van der Waals surface area contributed by atoms with Crippen LogP contribution < -0.4 is 10.6 Å². The van der Waals surface area contributed by atoms with Crippen molar-refractivity contribution in [2.45, 2.75) is 32.6 Å². The Kier molecular flexibility index (Phi) is 15.0. The van der Waals surface area contributed by atoms with Gasteiger partial charge in [0, 0.05) is 24.7 Å². The van der Waals surface area contributed by atoms with Gasteiger partial charge in [0.2, 0.25) is 0 Å². The monoisotopic (exact) mass is 430 g/mol. The van der Waals surface area contributed by atoms with Crippen molar-refractivity contribution in [2.75, 3.05) is 26.0 Å². The molecule has 1 amide bonds. The number of nitrogens with one attached hydrogen (secondary N) is 2. The van der Waals surface area contributed by atoms with Crippen LogP contribution in [0.25, 0.3) is 0 Å². The van der Waals surface area contributed by atoms with Gasteiger partial charge >= 0.3 is 6.09 Å². The largest absolute Gasteiger partial charge is 0.453 e. The van der Waals surface area contributed by atoms with E-state index in [-0.39, 0.29) is 6.09 Å². The Hall–Kier alpha value is -3.18. The lowest BCUT2D eigenvalue weighted by Crippen LogP contribution is -2.21. The zero-order chi connectivity index (χ0) is 22.8. The Morgan fingerprint density at radius 3 is 2.57 bits per heavy atom. The van der Waals surface area contributed by atoms with Gasteiger partial charge < -0.3 is 15.4 Å². The molecular weight excluding hydrogens is 400 g/mol. The number of aliphatic imine (C=N–C) groups is 1. The predicted octanol–water partition coefficient (Wildman–Crippen LogP) is 4.41. The van der Waals surface area contributed by atoms with Gasteiger partial charge in [0.1, 0.15) is 17.4 Å². The highest BCUT2D eigenvalue weighted by Gasteiger charge is 2.19. The van der Waals surface area contributed by atoms with Crippen LogP contribution in [0, 0.1) is 11.3 Å². The number of ether oxygens (including phenoxy) is 1. The van der Waals surface area contributed by atoms with Crippen LogP contribution in [0.3, 0.4) is 0 Å². The van der Waals surface area contributed by atoms with E-state index in [9.17, 15) is 9.59 Å². The van der Waals surface area contributed by atoms with Gasteiger partial charge in [0.25, 0.3) is 0 Å². The number of hydrogen-bond acceptors (Lipinski definition) is 7. The van der Waals surface area contributed by atoms with Crippen molar-refractivity contribution < 1.29 is 14.3 Å². The number of carbonyl (C=O) groups is 2. The third kappa shape index (κ3) is 9.85. The van der Waals surface area contributed by atoms with E-state index in [1.807, 2.05) is 14.0 Å². The second kappa shape index (κ2) is 16.7. The minimum atomic E-state index is -0.373. The number of amides is 1. The number of alkyl carbamates (subject to hydrolysis) is 1. The van der Waals surface area contributed by atoms with E-state index in [1.54, 1.807) is 23.5 Å². The van der Waals surface area contributed by atoms with Crippen molar-refractivity contribution in [3.8, 4) is 6.07 Å². The molecule has 0 bridgehead atoms. The maximum atomic E-state index is 10.1. The van der Waals surface area contributed by atoms with Crippen LogP contribution in [-0.2, 0) is 22.4 Å². The Labute approximate surface area is 182 Å². The molecule has 0 saturated carbocycles. The number of nitrogens with zero attached hydrogens (tertiary/aromatic N) is 2. The van der Waals surface area contributed by atoms with Crippen molar-refractivity contribution in [2.24, 2.45) is 4.99 Å². The number of anilines is 1. The third-order valence-corrected chi connectivity index (χ3v) is 5.17. The summed E-state index contributed by atoms with van der Waals surface area (Å²) in [5.41, 5.74) is 2.97. The van der Waals surface area contributed by atoms with Gasteiger partial charge in [0.05, 0.1) is 12.7 Å². The molecule has 2 rings (SSSR count). The van der Waals surface area contributed by atoms with Crippen molar-refractivity contribution in [3.63, 3.8) is 0 Å². The molecule has 0 aromatic carbocycles. The zero-order valence-electron chi connectivity index (χ0n) is 17.9. The van der Waals surface area contributed by atoms with Gasteiger partial charge in [-0.05, 0) is 56.5 Å². The van der Waals surface area contributed by atoms with Crippen molar-refractivity contribution in [1.29, 1.82) is 5.26 Å². The molecule has 0 atom stereocenters. The highest BCUT2D eigenvalue weighted by molar-refractivity contribution is 7.16. The molecule has 0 unspecified atom stereocenters. The summed E-state index contributed by atoms with van der Waals surface area (Å²) in [6.45, 7) is 9.22. The van der Waals surface area contributed by atoms with E-state index in [2.05, 4.69) is 39.7 Å². The minimum Gasteiger partial charge on any atom is -0.453 e. The summed E-state index contributed by atoms with van der Waals surface area (Å²) in [5, 5.41) is 15.6. The Balaban J connectivity index is 0.000000445. The normalized spacial score (nSPS) is 12.0. The lowest BCUT2D eigenvalue weighted by atomic mass is 9.96. The van der Waals surface area contributed by atoms with Gasteiger partial charge in [-0.1, -0.05) is 18.7 Å². The molecule has 2 N–H and O–H groups in total. The van der Waals surface area contributed by atoms with Gasteiger partial charge in [-0.25, -0.2) is 4.79 Å². The molecule has 7 nitrogen and oxygen atoms in total. The molecule has 1 heterocycles. The van der Waals surface area contributed by atoms with Crippen LogP contribution >= 0.6 is 11.3 Å². The fourth-order valence-electron chi connectivity index (χ4n) is 2.50. The second-order valence-electron chi connectivity index (χ2n) is 5.81. The second-order valence-corrected chi connectivity index (χ2v) is 6.91. The quantitative estimate of drug-likeness (QED) is 0.301. The SMILES string of the molecule is C=CC(/C=C/C=O)=C\N=C.CCNC(=O)OC.CNc1sc2c(c1C#N)CCCC2. The van der Waals surface area contributed by atoms with E-state index >= 15 is 0 Å². The number of carbonyl (C=O) groups excluding carboxylic acids is 2. The summed E-state index contributed by atoms with van der Waals surface area (Å²) in [6.07, 6.45) is 11.2. The standard InChI is InChI=1S/C10H12N2S.C8H9NO.C4H9NO2/c1-12-10-8(6-11)7-4-2-3-5-9(7)13-10;1-3-8(7-9-2)5-4-6-10;1-3-5-4(6)7-2/h12H,2-5H2,1H3;3-7H,1-2H2;3H2,1-2H3,(H,5,6)/b;5-4+,8-7+;. The maximum Gasteiger partial charge on any atom is 0.406 e. The van der Waals surface area contributed by atoms with Gasteiger partial charge in [-0.15, -0.1) is 11.3 Å². The third-order valence-electron chi connectivity index (χ3n) is 3.86. The van der Waals surface area contributed by atoms with Crippen molar-refractivity contribution in [1.82, 2.24) is 5.32 Å². The predicted molar refractivity (Wildman–Crippen MR) is 124 cm³/mol. The number of rotatable bonds is 6. The van der Waals surface area contributed by atoms with Crippen LogP contribution in [0.15, 0.2) is 41.6 Å². The molecule has 1 aromatic rings. The average molecular weight is 431 g/mol. The van der Waals surface area contributed by atoms with Crippen LogP contribution in [0.5, 0.6) is 0 Å². The van der Waals surface area contributed by atoms with Crippen LogP contribution in [0.2, 0.25) is 0 Å².